The summed E-state index contributed by atoms with van der Waals surface area (Å²) in [6.07, 6.45) is 0. The fourth-order valence-corrected chi connectivity index (χ4v) is 13.5. The predicted molar refractivity (Wildman–Crippen MR) is 99.1 cm³/mol. The molecule has 0 N–H and O–H groups in total. The normalized spacial score (nSPS) is 13.3. The van der Waals surface area contributed by atoms with Crippen molar-refractivity contribution in [2.45, 2.75) is 96.5 Å². The summed E-state index contributed by atoms with van der Waals surface area (Å²) in [5.74, 6) is 0. The van der Waals surface area contributed by atoms with Crippen molar-refractivity contribution in [3.05, 3.63) is 0 Å². The second-order valence-corrected chi connectivity index (χ2v) is 25.5. The predicted octanol–water partition coefficient (Wildman–Crippen LogP) is 5.98. The largest absolute Gasteiger partial charge is 0.813 e. The fourth-order valence-electron chi connectivity index (χ4n) is 2.01. The molecule has 2 radical (unpaired) electrons. The zero-order chi connectivity index (χ0) is 15.4. The van der Waals surface area contributed by atoms with E-state index in [1.807, 2.05) is 0 Å². The first-order chi connectivity index (χ1) is 7.41. The number of hydrogen-bond donors (Lipinski definition) is 0. The van der Waals surface area contributed by atoms with Crippen LogP contribution >= 0.6 is 0 Å². The van der Waals surface area contributed by atoms with Gasteiger partial charge in [0.25, 0.3) is 0 Å². The van der Waals surface area contributed by atoms with E-state index in [1.54, 1.807) is 0 Å². The molecule has 0 fully saturated rings. The molecule has 0 heterocycles. The molecule has 0 unspecified atom stereocenters. The second kappa shape index (κ2) is 9.20. The molecule has 0 atom stereocenters. The summed E-state index contributed by atoms with van der Waals surface area (Å²) in [5, 5.41) is 0. The number of hydrogen-bond acceptors (Lipinski definition) is 1. The quantitative estimate of drug-likeness (QED) is 0.222. The SMILES string of the molecule is C[C](C)(C)[Sb][C](C)(C)C.C[C](C)(C)[Sb][C](C)(C)C.[SH-]. The molecule has 0 rings (SSSR count). The Kier molecular flexibility index (Phi) is 12.5. The molecule has 118 valence electrons. The first kappa shape index (κ1) is 25.9. The van der Waals surface area contributed by atoms with Gasteiger partial charge in [-0.2, -0.15) is 0 Å². The maximum absolute atomic E-state index is 2.36. The second-order valence-electron chi connectivity index (χ2n) is 8.91. The zero-order valence-electron chi connectivity index (χ0n) is 15.3. The van der Waals surface area contributed by atoms with Gasteiger partial charge < -0.3 is 13.5 Å². The van der Waals surface area contributed by atoms with Crippen LogP contribution < -0.4 is 0 Å². The Morgan fingerprint density at radius 1 is 0.368 bits per heavy atom. The molecule has 0 spiro atoms. The third-order valence-electron chi connectivity index (χ3n) is 1.34. The summed E-state index contributed by atoms with van der Waals surface area (Å²) in [6.45, 7) is 28.3. The summed E-state index contributed by atoms with van der Waals surface area (Å²) in [7, 11) is 0. The molecule has 0 aliphatic carbocycles. The molecular weight excluding hydrogens is 468 g/mol. The molecular formula is C16H37SSb2-. The molecule has 0 amide bonds. The van der Waals surface area contributed by atoms with Crippen molar-refractivity contribution in [3.63, 3.8) is 0 Å². The molecule has 0 saturated carbocycles. The molecule has 0 aliphatic heterocycles. The van der Waals surface area contributed by atoms with Crippen molar-refractivity contribution in [1.29, 1.82) is 0 Å². The third kappa shape index (κ3) is 33.1. The minimum Gasteiger partial charge on any atom is -0.813 e. The Morgan fingerprint density at radius 3 is 0.474 bits per heavy atom. The van der Waals surface area contributed by atoms with Crippen molar-refractivity contribution < 1.29 is 0 Å². The van der Waals surface area contributed by atoms with Gasteiger partial charge in [0.05, 0.1) is 0 Å². The van der Waals surface area contributed by atoms with Crippen LogP contribution in [0.1, 0.15) is 83.1 Å². The van der Waals surface area contributed by atoms with Crippen LogP contribution in [-0.2, 0) is 13.5 Å². The van der Waals surface area contributed by atoms with E-state index in [4.69, 9.17) is 0 Å². The fraction of sp³-hybridized carbons (Fsp3) is 1.00. The van der Waals surface area contributed by atoms with Crippen molar-refractivity contribution in [2.24, 2.45) is 0 Å². The van der Waals surface area contributed by atoms with E-state index < -0.39 is 0 Å². The van der Waals surface area contributed by atoms with Gasteiger partial charge in [-0.25, -0.2) is 0 Å². The standard InChI is InChI=1S/4C4H9.H2S.2Sb/c4*1-4(2)3;;;/h4*1-3H3;1H2;;/p-1. The molecule has 0 aromatic rings. The van der Waals surface area contributed by atoms with E-state index in [0.29, 0.717) is 13.4 Å². The molecule has 0 bridgehead atoms. The summed E-state index contributed by atoms with van der Waals surface area (Å²) < 4.78 is 2.54. The monoisotopic (exact) mass is 503 g/mol. The van der Waals surface area contributed by atoms with Crippen LogP contribution in [0, 0.1) is 0 Å². The maximum atomic E-state index is 2.36. The van der Waals surface area contributed by atoms with E-state index in [9.17, 15) is 0 Å². The van der Waals surface area contributed by atoms with E-state index in [0.717, 1.165) is 0 Å². The van der Waals surface area contributed by atoms with Crippen molar-refractivity contribution in [3.8, 4) is 0 Å². The Morgan fingerprint density at radius 2 is 0.474 bits per heavy atom. The number of thiol groups is 1. The molecule has 0 aliphatic rings. The van der Waals surface area contributed by atoms with Crippen LogP contribution in [0.25, 0.3) is 0 Å². The molecule has 0 nitrogen and oxygen atoms in total. The summed E-state index contributed by atoms with van der Waals surface area (Å²) in [6, 6.07) is 0. The van der Waals surface area contributed by atoms with Crippen LogP contribution in [0.15, 0.2) is 0 Å². The van der Waals surface area contributed by atoms with E-state index in [1.165, 1.54) is 0 Å². The van der Waals surface area contributed by atoms with Gasteiger partial charge in [-0.3, -0.25) is 0 Å². The van der Waals surface area contributed by atoms with Crippen molar-refractivity contribution in [1.82, 2.24) is 0 Å². The van der Waals surface area contributed by atoms with Crippen LogP contribution in [-0.4, -0.2) is 43.2 Å². The summed E-state index contributed by atoms with van der Waals surface area (Å²) in [5.41, 5.74) is 0. The van der Waals surface area contributed by atoms with Gasteiger partial charge in [0, 0.05) is 0 Å². The first-order valence-corrected chi connectivity index (χ1v) is 12.0. The molecule has 0 aromatic carbocycles. The molecule has 19 heavy (non-hydrogen) atoms. The Balaban J connectivity index is -0.000000256. The zero-order valence-corrected chi connectivity index (χ0v) is 21.3. The maximum Gasteiger partial charge on any atom is -0.813 e. The van der Waals surface area contributed by atoms with Crippen LogP contribution in [0.4, 0.5) is 0 Å². The van der Waals surface area contributed by atoms with Gasteiger partial charge in [-0.15, -0.1) is 0 Å². The summed E-state index contributed by atoms with van der Waals surface area (Å²) in [4.78, 5) is 0. The van der Waals surface area contributed by atoms with Gasteiger partial charge in [-0.05, 0) is 0 Å². The van der Waals surface area contributed by atoms with Crippen molar-refractivity contribution >= 4 is 56.7 Å². The van der Waals surface area contributed by atoms with E-state index in [2.05, 4.69) is 83.1 Å². The van der Waals surface area contributed by atoms with Gasteiger partial charge in [-0.1, -0.05) is 0 Å². The van der Waals surface area contributed by atoms with Gasteiger partial charge in [0.2, 0.25) is 0 Å². The minimum absolute atomic E-state index is 0. The smallest absolute Gasteiger partial charge is 0.813 e. The third-order valence-corrected chi connectivity index (χ3v) is 9.00. The van der Waals surface area contributed by atoms with Crippen LogP contribution in [0.2, 0.25) is 13.4 Å². The molecule has 0 aromatic heterocycles. The van der Waals surface area contributed by atoms with Crippen LogP contribution in [0.3, 0.4) is 0 Å². The molecule has 0 saturated heterocycles. The summed E-state index contributed by atoms with van der Waals surface area (Å²) >= 11 is -0.0167. The minimum atomic E-state index is -0.00833. The average Bonchev–Trinajstić information content (AvgIpc) is 1.64. The average molecular weight is 505 g/mol. The van der Waals surface area contributed by atoms with Crippen LogP contribution in [0.5, 0.6) is 0 Å². The van der Waals surface area contributed by atoms with Gasteiger partial charge in [0.15, 0.2) is 0 Å². The number of rotatable bonds is 0. The topological polar surface area (TPSA) is 0 Å². The van der Waals surface area contributed by atoms with E-state index >= 15 is 0 Å². The Hall–Kier alpha value is 1.99. The first-order valence-electron chi connectivity index (χ1n) is 6.89. The Bertz CT molecular complexity index is 171. The molecule has 3 heteroatoms. The Labute approximate surface area is 152 Å². The van der Waals surface area contributed by atoms with Gasteiger partial charge >= 0.3 is 140 Å². The van der Waals surface area contributed by atoms with Gasteiger partial charge in [0.1, 0.15) is 0 Å². The van der Waals surface area contributed by atoms with E-state index in [-0.39, 0.29) is 56.7 Å². The van der Waals surface area contributed by atoms with Crippen molar-refractivity contribution in [2.75, 3.05) is 0 Å².